The molecule has 0 saturated carbocycles. The molecule has 3 rings (SSSR count). The summed E-state index contributed by atoms with van der Waals surface area (Å²) in [5.74, 6) is 0.289. The van der Waals surface area contributed by atoms with Crippen LogP contribution in [0.3, 0.4) is 0 Å². The number of likely N-dealkylation sites (tertiary alicyclic amines) is 1. The molecule has 0 spiro atoms. The molecule has 1 aliphatic heterocycles. The Labute approximate surface area is 133 Å². The SMILES string of the molecule is Fc1ccc(-c2nc(CCl)cs2)cc1CN1CCCCC1. The molecule has 1 saturated heterocycles. The monoisotopic (exact) mass is 324 g/mol. The molecule has 0 aliphatic carbocycles. The zero-order valence-corrected chi connectivity index (χ0v) is 13.4. The highest BCUT2D eigenvalue weighted by Gasteiger charge is 2.14. The van der Waals surface area contributed by atoms with Crippen LogP contribution in [0, 0.1) is 5.82 Å². The number of hydrogen-bond donors (Lipinski definition) is 0. The molecule has 1 aromatic heterocycles. The third-order valence-corrected chi connectivity index (χ3v) is 5.04. The van der Waals surface area contributed by atoms with E-state index in [4.69, 9.17) is 11.6 Å². The van der Waals surface area contributed by atoms with Gasteiger partial charge in [-0.2, -0.15) is 0 Å². The lowest BCUT2D eigenvalue weighted by Gasteiger charge is -2.26. The van der Waals surface area contributed by atoms with Crippen molar-refractivity contribution in [3.05, 3.63) is 40.7 Å². The average molecular weight is 325 g/mol. The zero-order chi connectivity index (χ0) is 14.7. The van der Waals surface area contributed by atoms with Crippen molar-refractivity contribution in [2.75, 3.05) is 13.1 Å². The lowest BCUT2D eigenvalue weighted by Crippen LogP contribution is -2.29. The van der Waals surface area contributed by atoms with Gasteiger partial charge in [-0.25, -0.2) is 9.37 Å². The van der Waals surface area contributed by atoms with Crippen LogP contribution in [0.1, 0.15) is 30.5 Å². The maximum atomic E-state index is 14.0. The Morgan fingerprint density at radius 3 is 2.76 bits per heavy atom. The molecular formula is C16H18ClFN2S. The molecule has 1 fully saturated rings. The van der Waals surface area contributed by atoms with Crippen LogP contribution in [-0.2, 0) is 12.4 Å². The van der Waals surface area contributed by atoms with E-state index in [9.17, 15) is 4.39 Å². The summed E-state index contributed by atoms with van der Waals surface area (Å²) in [6.45, 7) is 2.82. The molecule has 2 nitrogen and oxygen atoms in total. The molecule has 0 bridgehead atoms. The quantitative estimate of drug-likeness (QED) is 0.759. The van der Waals surface area contributed by atoms with Gasteiger partial charge in [0.25, 0.3) is 0 Å². The van der Waals surface area contributed by atoms with Crippen molar-refractivity contribution >= 4 is 22.9 Å². The Morgan fingerprint density at radius 1 is 1.24 bits per heavy atom. The summed E-state index contributed by atoms with van der Waals surface area (Å²) in [4.78, 5) is 6.80. The Kier molecular flexibility index (Phi) is 4.88. The van der Waals surface area contributed by atoms with Gasteiger partial charge in [0, 0.05) is 23.1 Å². The van der Waals surface area contributed by atoms with E-state index >= 15 is 0 Å². The normalized spacial score (nSPS) is 16.3. The molecule has 5 heteroatoms. The molecular weight excluding hydrogens is 307 g/mol. The number of hydrogen-bond acceptors (Lipinski definition) is 3. The van der Waals surface area contributed by atoms with Crippen molar-refractivity contribution in [3.63, 3.8) is 0 Å². The zero-order valence-electron chi connectivity index (χ0n) is 11.8. The fourth-order valence-electron chi connectivity index (χ4n) is 2.69. The molecule has 2 heterocycles. The van der Waals surface area contributed by atoms with Crippen LogP contribution in [0.4, 0.5) is 4.39 Å². The fraction of sp³-hybridized carbons (Fsp3) is 0.438. The van der Waals surface area contributed by atoms with Gasteiger partial charge >= 0.3 is 0 Å². The van der Waals surface area contributed by atoms with E-state index in [2.05, 4.69) is 9.88 Å². The van der Waals surface area contributed by atoms with Crippen molar-refractivity contribution in [2.24, 2.45) is 0 Å². The van der Waals surface area contributed by atoms with Gasteiger partial charge in [0.15, 0.2) is 0 Å². The number of piperidine rings is 1. The summed E-state index contributed by atoms with van der Waals surface area (Å²) in [5, 5.41) is 2.86. The van der Waals surface area contributed by atoms with Crippen molar-refractivity contribution < 1.29 is 4.39 Å². The van der Waals surface area contributed by atoms with Gasteiger partial charge in [-0.3, -0.25) is 4.90 Å². The van der Waals surface area contributed by atoms with Gasteiger partial charge in [-0.1, -0.05) is 6.42 Å². The summed E-state index contributed by atoms with van der Waals surface area (Å²) >= 11 is 7.35. The molecule has 112 valence electrons. The van der Waals surface area contributed by atoms with E-state index in [0.717, 1.165) is 34.9 Å². The third kappa shape index (κ3) is 3.62. The van der Waals surface area contributed by atoms with Gasteiger partial charge in [0.2, 0.25) is 0 Å². The number of benzene rings is 1. The summed E-state index contributed by atoms with van der Waals surface area (Å²) in [6.07, 6.45) is 3.72. The van der Waals surface area contributed by atoms with Crippen LogP contribution in [0.5, 0.6) is 0 Å². The van der Waals surface area contributed by atoms with Crippen LogP contribution in [-0.4, -0.2) is 23.0 Å². The Balaban J connectivity index is 1.81. The van der Waals surface area contributed by atoms with Gasteiger partial charge in [0.1, 0.15) is 10.8 Å². The first kappa shape index (κ1) is 14.9. The first-order valence-electron chi connectivity index (χ1n) is 7.28. The van der Waals surface area contributed by atoms with E-state index in [-0.39, 0.29) is 5.82 Å². The second-order valence-corrected chi connectivity index (χ2v) is 6.55. The van der Waals surface area contributed by atoms with E-state index in [0.29, 0.717) is 12.4 Å². The highest BCUT2D eigenvalue weighted by molar-refractivity contribution is 7.13. The minimum atomic E-state index is -0.126. The van der Waals surface area contributed by atoms with E-state index < -0.39 is 0 Å². The largest absolute Gasteiger partial charge is 0.299 e. The molecule has 1 aromatic carbocycles. The number of halogens is 2. The van der Waals surface area contributed by atoms with E-state index in [1.54, 1.807) is 23.5 Å². The van der Waals surface area contributed by atoms with Gasteiger partial charge in [0.05, 0.1) is 11.6 Å². The minimum Gasteiger partial charge on any atom is -0.299 e. The number of alkyl halides is 1. The van der Waals surface area contributed by atoms with E-state index in [1.807, 2.05) is 11.4 Å². The fourth-order valence-corrected chi connectivity index (χ4v) is 3.73. The standard InChI is InChI=1S/C16H18ClFN2S/c17-9-14-11-21-16(19-14)12-4-5-15(18)13(8-12)10-20-6-2-1-3-7-20/h4-5,8,11H,1-3,6-7,9-10H2. The molecule has 21 heavy (non-hydrogen) atoms. The van der Waals surface area contributed by atoms with Crippen molar-refractivity contribution in [2.45, 2.75) is 31.7 Å². The Hall–Kier alpha value is -0.970. The van der Waals surface area contributed by atoms with Crippen molar-refractivity contribution in [1.82, 2.24) is 9.88 Å². The van der Waals surface area contributed by atoms with Gasteiger partial charge < -0.3 is 0 Å². The molecule has 0 amide bonds. The maximum absolute atomic E-state index is 14.0. The summed E-state index contributed by atoms with van der Waals surface area (Å²) in [6, 6.07) is 5.28. The molecule has 0 unspecified atom stereocenters. The van der Waals surface area contributed by atoms with Crippen LogP contribution in [0.2, 0.25) is 0 Å². The number of aromatic nitrogens is 1. The highest BCUT2D eigenvalue weighted by atomic mass is 35.5. The van der Waals surface area contributed by atoms with Crippen molar-refractivity contribution in [1.29, 1.82) is 0 Å². The third-order valence-electron chi connectivity index (χ3n) is 3.82. The second-order valence-electron chi connectivity index (χ2n) is 5.42. The minimum absolute atomic E-state index is 0.126. The number of thiazole rings is 1. The van der Waals surface area contributed by atoms with Crippen LogP contribution >= 0.6 is 22.9 Å². The van der Waals surface area contributed by atoms with E-state index in [1.165, 1.54) is 19.3 Å². The first-order chi connectivity index (χ1) is 10.3. The summed E-state index contributed by atoms with van der Waals surface area (Å²) in [5.41, 5.74) is 2.61. The number of nitrogens with zero attached hydrogens (tertiary/aromatic N) is 2. The van der Waals surface area contributed by atoms with Crippen LogP contribution in [0.25, 0.3) is 10.6 Å². The van der Waals surface area contributed by atoms with Crippen molar-refractivity contribution in [3.8, 4) is 10.6 Å². The van der Waals surface area contributed by atoms with Gasteiger partial charge in [-0.15, -0.1) is 22.9 Å². The Morgan fingerprint density at radius 2 is 2.05 bits per heavy atom. The first-order valence-corrected chi connectivity index (χ1v) is 8.69. The average Bonchev–Trinajstić information content (AvgIpc) is 2.99. The Bertz CT molecular complexity index is 608. The highest BCUT2D eigenvalue weighted by Crippen LogP contribution is 2.27. The lowest BCUT2D eigenvalue weighted by molar-refractivity contribution is 0.218. The topological polar surface area (TPSA) is 16.1 Å². The number of rotatable bonds is 4. The second kappa shape index (κ2) is 6.86. The van der Waals surface area contributed by atoms with Crippen LogP contribution in [0.15, 0.2) is 23.6 Å². The smallest absolute Gasteiger partial charge is 0.127 e. The lowest BCUT2D eigenvalue weighted by atomic mass is 10.1. The van der Waals surface area contributed by atoms with Crippen LogP contribution < -0.4 is 0 Å². The summed E-state index contributed by atoms with van der Waals surface area (Å²) in [7, 11) is 0. The predicted molar refractivity (Wildman–Crippen MR) is 86.2 cm³/mol. The molecule has 0 atom stereocenters. The van der Waals surface area contributed by atoms with Gasteiger partial charge in [-0.05, 0) is 44.1 Å². The summed E-state index contributed by atoms with van der Waals surface area (Å²) < 4.78 is 14.0. The molecule has 0 N–H and O–H groups in total. The predicted octanol–water partition coefficient (Wildman–Crippen LogP) is 4.67. The molecule has 2 aromatic rings. The molecule has 1 aliphatic rings. The maximum Gasteiger partial charge on any atom is 0.127 e. The molecule has 0 radical (unpaired) electrons.